The van der Waals surface area contributed by atoms with Crippen LogP contribution in [0.3, 0.4) is 0 Å². The zero-order chi connectivity index (χ0) is 16.3. The molecule has 1 amide bonds. The molecule has 1 aromatic carbocycles. The van der Waals surface area contributed by atoms with E-state index >= 15 is 0 Å². The summed E-state index contributed by atoms with van der Waals surface area (Å²) in [6.45, 7) is 6.76. The van der Waals surface area contributed by atoms with Crippen LogP contribution in [0.15, 0.2) is 24.3 Å². The average molecular weight is 321 g/mol. The molecule has 0 radical (unpaired) electrons. The molecule has 0 N–H and O–H groups in total. The molecule has 0 aliphatic heterocycles. The number of hydrogen-bond acceptors (Lipinski definition) is 3. The third kappa shape index (κ3) is 3.65. The van der Waals surface area contributed by atoms with Gasteiger partial charge < -0.3 is 4.90 Å². The third-order valence-electron chi connectivity index (χ3n) is 3.43. The predicted octanol–water partition coefficient (Wildman–Crippen LogP) is 3.35. The lowest BCUT2D eigenvalue weighted by atomic mass is 10.1. The zero-order valence-corrected chi connectivity index (χ0v) is 14.1. The minimum absolute atomic E-state index is 0.172. The fourth-order valence-corrected chi connectivity index (χ4v) is 2.27. The van der Waals surface area contributed by atoms with Crippen molar-refractivity contribution in [2.24, 2.45) is 5.92 Å². The number of hydrogen-bond donors (Lipinski definition) is 0. The number of aryl methyl sites for hydroxylation is 1. The first-order chi connectivity index (χ1) is 10.4. The van der Waals surface area contributed by atoms with Gasteiger partial charge in [-0.2, -0.15) is 0 Å². The summed E-state index contributed by atoms with van der Waals surface area (Å²) in [6.07, 6.45) is 0.951. The van der Waals surface area contributed by atoms with E-state index < -0.39 is 0 Å². The molecule has 22 heavy (non-hydrogen) atoms. The molecule has 0 aliphatic carbocycles. The molecule has 2 rings (SSSR count). The van der Waals surface area contributed by atoms with Gasteiger partial charge >= 0.3 is 0 Å². The van der Waals surface area contributed by atoms with Crippen molar-refractivity contribution in [1.29, 1.82) is 0 Å². The third-order valence-corrected chi connectivity index (χ3v) is 3.75. The maximum Gasteiger partial charge on any atom is 0.293 e. The minimum atomic E-state index is -0.172. The highest BCUT2D eigenvalue weighted by molar-refractivity contribution is 6.32. The van der Waals surface area contributed by atoms with Crippen LogP contribution in [0, 0.1) is 12.8 Å². The van der Waals surface area contributed by atoms with Gasteiger partial charge in [0.25, 0.3) is 5.91 Å². The number of rotatable bonds is 5. The smallest absolute Gasteiger partial charge is 0.293 e. The van der Waals surface area contributed by atoms with Crippen molar-refractivity contribution in [2.45, 2.75) is 27.2 Å². The van der Waals surface area contributed by atoms with Gasteiger partial charge in [0.2, 0.25) is 5.82 Å². The van der Waals surface area contributed by atoms with Gasteiger partial charge in [0.1, 0.15) is 5.82 Å². The van der Waals surface area contributed by atoms with Crippen LogP contribution in [0.25, 0.3) is 5.69 Å². The van der Waals surface area contributed by atoms with Crippen molar-refractivity contribution in [3.63, 3.8) is 0 Å². The van der Waals surface area contributed by atoms with Gasteiger partial charge in [-0.15, -0.1) is 5.10 Å². The lowest BCUT2D eigenvalue weighted by Crippen LogP contribution is -2.29. The van der Waals surface area contributed by atoms with Crippen molar-refractivity contribution >= 4 is 17.5 Å². The van der Waals surface area contributed by atoms with E-state index in [-0.39, 0.29) is 11.7 Å². The Balaban J connectivity index is 2.23. The van der Waals surface area contributed by atoms with E-state index in [4.69, 9.17) is 11.6 Å². The maximum atomic E-state index is 12.4. The van der Waals surface area contributed by atoms with Crippen molar-refractivity contribution < 1.29 is 4.79 Å². The van der Waals surface area contributed by atoms with Crippen LogP contribution in [-0.2, 0) is 0 Å². The predicted molar refractivity (Wildman–Crippen MR) is 87.5 cm³/mol. The van der Waals surface area contributed by atoms with E-state index in [2.05, 4.69) is 23.9 Å². The van der Waals surface area contributed by atoms with Gasteiger partial charge in [-0.25, -0.2) is 9.67 Å². The van der Waals surface area contributed by atoms with Gasteiger partial charge in [0.15, 0.2) is 0 Å². The number of nitrogens with zero attached hydrogens (tertiary/aromatic N) is 4. The fourth-order valence-electron chi connectivity index (χ4n) is 2.06. The van der Waals surface area contributed by atoms with Crippen LogP contribution in [-0.4, -0.2) is 39.2 Å². The van der Waals surface area contributed by atoms with Gasteiger partial charge in [-0.05, 0) is 31.4 Å². The Morgan fingerprint density at radius 2 is 2.05 bits per heavy atom. The standard InChI is InChI=1S/C16H21ClN4O/c1-11(2)9-10-20(4)16(22)15-18-12(3)21(19-15)14-8-6-5-7-13(14)17/h5-8,11H,9-10H2,1-4H3. The number of carbonyl (C=O) groups is 1. The normalized spacial score (nSPS) is 11.0. The lowest BCUT2D eigenvalue weighted by molar-refractivity contribution is 0.0777. The van der Waals surface area contributed by atoms with Crippen LogP contribution in [0.2, 0.25) is 5.02 Å². The van der Waals surface area contributed by atoms with Crippen LogP contribution >= 0.6 is 11.6 Å². The highest BCUT2D eigenvalue weighted by Crippen LogP contribution is 2.20. The second kappa shape index (κ2) is 6.92. The largest absolute Gasteiger partial charge is 0.339 e. The summed E-state index contributed by atoms with van der Waals surface area (Å²) in [6, 6.07) is 7.36. The summed E-state index contributed by atoms with van der Waals surface area (Å²) >= 11 is 6.18. The van der Waals surface area contributed by atoms with Crippen molar-refractivity contribution in [3.05, 3.63) is 40.9 Å². The van der Waals surface area contributed by atoms with Crippen LogP contribution in [0.4, 0.5) is 0 Å². The molecule has 1 aromatic heterocycles. The molecule has 6 heteroatoms. The molecule has 118 valence electrons. The topological polar surface area (TPSA) is 51.0 Å². The van der Waals surface area contributed by atoms with Crippen LogP contribution in [0.1, 0.15) is 36.7 Å². The molecule has 0 atom stereocenters. The van der Waals surface area contributed by atoms with Crippen molar-refractivity contribution in [3.8, 4) is 5.69 Å². The van der Waals surface area contributed by atoms with E-state index in [9.17, 15) is 4.79 Å². The Hall–Kier alpha value is -1.88. The van der Waals surface area contributed by atoms with Gasteiger partial charge in [-0.3, -0.25) is 4.79 Å². The van der Waals surface area contributed by atoms with E-state index in [1.54, 1.807) is 29.6 Å². The first kappa shape index (κ1) is 16.5. The summed E-state index contributed by atoms with van der Waals surface area (Å²) in [5.41, 5.74) is 0.720. The van der Waals surface area contributed by atoms with E-state index in [0.29, 0.717) is 23.3 Å². The first-order valence-corrected chi connectivity index (χ1v) is 7.72. The number of amides is 1. The Morgan fingerprint density at radius 1 is 1.36 bits per heavy atom. The number of aromatic nitrogens is 3. The number of halogens is 1. The molecule has 5 nitrogen and oxygen atoms in total. The summed E-state index contributed by atoms with van der Waals surface area (Å²) in [5.74, 6) is 1.21. The highest BCUT2D eigenvalue weighted by atomic mass is 35.5. The molecular formula is C16H21ClN4O. The van der Waals surface area contributed by atoms with Crippen LogP contribution < -0.4 is 0 Å². The lowest BCUT2D eigenvalue weighted by Gasteiger charge is -2.16. The Bertz CT molecular complexity index is 666. The van der Waals surface area contributed by atoms with Gasteiger partial charge in [0, 0.05) is 13.6 Å². The van der Waals surface area contributed by atoms with Gasteiger partial charge in [-0.1, -0.05) is 37.6 Å². The first-order valence-electron chi connectivity index (χ1n) is 7.34. The molecule has 0 unspecified atom stereocenters. The van der Waals surface area contributed by atoms with Gasteiger partial charge in [0.05, 0.1) is 10.7 Å². The Morgan fingerprint density at radius 3 is 2.68 bits per heavy atom. The summed E-state index contributed by atoms with van der Waals surface area (Å²) in [5, 5.41) is 4.89. The number of para-hydroxylation sites is 1. The second-order valence-corrected chi connectivity index (χ2v) is 6.16. The zero-order valence-electron chi connectivity index (χ0n) is 13.4. The molecule has 0 bridgehead atoms. The monoisotopic (exact) mass is 320 g/mol. The second-order valence-electron chi connectivity index (χ2n) is 5.76. The average Bonchev–Trinajstić information content (AvgIpc) is 2.86. The molecule has 0 saturated carbocycles. The molecule has 0 spiro atoms. The number of carbonyl (C=O) groups excluding carboxylic acids is 1. The molecule has 0 fully saturated rings. The molecule has 2 aromatic rings. The Labute approximate surface area is 135 Å². The van der Waals surface area contributed by atoms with E-state index in [1.165, 1.54) is 0 Å². The van der Waals surface area contributed by atoms with Crippen molar-refractivity contribution in [1.82, 2.24) is 19.7 Å². The number of benzene rings is 1. The maximum absolute atomic E-state index is 12.4. The quantitative estimate of drug-likeness (QED) is 0.849. The molecule has 0 saturated heterocycles. The fraction of sp³-hybridized carbons (Fsp3) is 0.438. The summed E-state index contributed by atoms with van der Waals surface area (Å²) in [7, 11) is 1.77. The SMILES string of the molecule is Cc1nc(C(=O)N(C)CCC(C)C)nn1-c1ccccc1Cl. The Kier molecular flexibility index (Phi) is 5.19. The molecule has 1 heterocycles. The minimum Gasteiger partial charge on any atom is -0.339 e. The highest BCUT2D eigenvalue weighted by Gasteiger charge is 2.19. The summed E-state index contributed by atoms with van der Waals surface area (Å²) in [4.78, 5) is 18.3. The van der Waals surface area contributed by atoms with Crippen molar-refractivity contribution in [2.75, 3.05) is 13.6 Å². The van der Waals surface area contributed by atoms with E-state index in [0.717, 1.165) is 12.1 Å². The van der Waals surface area contributed by atoms with Crippen LogP contribution in [0.5, 0.6) is 0 Å². The summed E-state index contributed by atoms with van der Waals surface area (Å²) < 4.78 is 1.60. The van der Waals surface area contributed by atoms with E-state index in [1.807, 2.05) is 18.2 Å². The molecular weight excluding hydrogens is 300 g/mol. The molecule has 0 aliphatic rings.